The largest absolute Gasteiger partial charge is 0.317 e. The number of hydrogen-bond donors (Lipinski definition) is 1. The summed E-state index contributed by atoms with van der Waals surface area (Å²) in [6.45, 7) is 8.64. The van der Waals surface area contributed by atoms with E-state index in [4.69, 9.17) is 0 Å². The first-order valence-corrected chi connectivity index (χ1v) is 6.96. The monoisotopic (exact) mass is 225 g/mol. The van der Waals surface area contributed by atoms with Gasteiger partial charge < -0.3 is 10.2 Å². The Balaban J connectivity index is 1.92. The van der Waals surface area contributed by atoms with Crippen LogP contribution in [-0.4, -0.2) is 61.7 Å². The van der Waals surface area contributed by atoms with Crippen molar-refractivity contribution < 1.29 is 0 Å². The van der Waals surface area contributed by atoms with Crippen molar-refractivity contribution in [1.29, 1.82) is 0 Å². The van der Waals surface area contributed by atoms with Gasteiger partial charge in [0, 0.05) is 18.6 Å². The van der Waals surface area contributed by atoms with Gasteiger partial charge >= 0.3 is 0 Å². The van der Waals surface area contributed by atoms with Crippen LogP contribution in [0.4, 0.5) is 0 Å². The highest BCUT2D eigenvalue weighted by atomic mass is 15.2. The molecule has 0 saturated carbocycles. The maximum atomic E-state index is 3.47. The minimum Gasteiger partial charge on any atom is -0.317 e. The lowest BCUT2D eigenvalue weighted by Gasteiger charge is -2.36. The normalized spacial score (nSPS) is 31.5. The van der Waals surface area contributed by atoms with Gasteiger partial charge in [0.05, 0.1) is 0 Å². The first kappa shape index (κ1) is 12.3. The predicted molar refractivity (Wildman–Crippen MR) is 68.8 cm³/mol. The van der Waals surface area contributed by atoms with Crippen molar-refractivity contribution in [3.63, 3.8) is 0 Å². The molecule has 3 heteroatoms. The van der Waals surface area contributed by atoms with Gasteiger partial charge in [-0.15, -0.1) is 0 Å². The SMILES string of the molecule is CCC1CN(C2CCNCC2)CCCN1C. The molecule has 0 aliphatic carbocycles. The molecule has 2 fully saturated rings. The van der Waals surface area contributed by atoms with Crippen molar-refractivity contribution >= 4 is 0 Å². The van der Waals surface area contributed by atoms with Crippen LogP contribution in [-0.2, 0) is 0 Å². The Kier molecular flexibility index (Phi) is 4.62. The van der Waals surface area contributed by atoms with Crippen molar-refractivity contribution in [2.24, 2.45) is 0 Å². The molecule has 0 aromatic carbocycles. The van der Waals surface area contributed by atoms with E-state index >= 15 is 0 Å². The number of rotatable bonds is 2. The topological polar surface area (TPSA) is 18.5 Å². The summed E-state index contributed by atoms with van der Waals surface area (Å²) in [5, 5.41) is 3.47. The van der Waals surface area contributed by atoms with E-state index in [0.29, 0.717) is 0 Å². The smallest absolute Gasteiger partial charge is 0.0217 e. The molecule has 0 radical (unpaired) electrons. The minimum atomic E-state index is 0.775. The number of likely N-dealkylation sites (N-methyl/N-ethyl adjacent to an activating group) is 1. The number of piperidine rings is 1. The Bertz CT molecular complexity index is 201. The Morgan fingerprint density at radius 3 is 2.62 bits per heavy atom. The molecule has 0 aromatic rings. The molecule has 0 bridgehead atoms. The van der Waals surface area contributed by atoms with Gasteiger partial charge in [0.2, 0.25) is 0 Å². The van der Waals surface area contributed by atoms with Crippen LogP contribution >= 0.6 is 0 Å². The van der Waals surface area contributed by atoms with Crippen LogP contribution < -0.4 is 5.32 Å². The van der Waals surface area contributed by atoms with Gasteiger partial charge in [-0.05, 0) is 58.9 Å². The van der Waals surface area contributed by atoms with Crippen LogP contribution in [0.2, 0.25) is 0 Å². The average molecular weight is 225 g/mol. The number of hydrogen-bond acceptors (Lipinski definition) is 3. The molecule has 1 atom stereocenters. The van der Waals surface area contributed by atoms with Crippen LogP contribution in [0.15, 0.2) is 0 Å². The maximum absolute atomic E-state index is 3.47. The summed E-state index contributed by atoms with van der Waals surface area (Å²) in [4.78, 5) is 5.32. The third kappa shape index (κ3) is 2.96. The molecule has 1 N–H and O–H groups in total. The van der Waals surface area contributed by atoms with E-state index in [2.05, 4.69) is 29.1 Å². The van der Waals surface area contributed by atoms with E-state index in [0.717, 1.165) is 12.1 Å². The molecule has 0 spiro atoms. The molecular formula is C13H27N3. The van der Waals surface area contributed by atoms with Crippen molar-refractivity contribution in [3.05, 3.63) is 0 Å². The van der Waals surface area contributed by atoms with Crippen molar-refractivity contribution in [1.82, 2.24) is 15.1 Å². The zero-order valence-corrected chi connectivity index (χ0v) is 10.9. The van der Waals surface area contributed by atoms with Crippen molar-refractivity contribution in [2.45, 2.75) is 44.7 Å². The average Bonchev–Trinajstić information content (AvgIpc) is 2.52. The first-order chi connectivity index (χ1) is 7.81. The standard InChI is InChI=1S/C13H27N3/c1-3-12-11-16(10-4-9-15(12)2)13-5-7-14-8-6-13/h12-14H,3-11H2,1-2H3. The second-order valence-corrected chi connectivity index (χ2v) is 5.37. The lowest BCUT2D eigenvalue weighted by atomic mass is 10.0. The summed E-state index contributed by atoms with van der Waals surface area (Å²) in [7, 11) is 2.29. The lowest BCUT2D eigenvalue weighted by Crippen LogP contribution is -2.47. The van der Waals surface area contributed by atoms with Gasteiger partial charge in [-0.2, -0.15) is 0 Å². The maximum Gasteiger partial charge on any atom is 0.0217 e. The molecule has 16 heavy (non-hydrogen) atoms. The number of nitrogens with one attached hydrogen (secondary N) is 1. The third-order valence-electron chi connectivity index (χ3n) is 4.32. The molecule has 2 heterocycles. The third-order valence-corrected chi connectivity index (χ3v) is 4.32. The summed E-state index contributed by atoms with van der Waals surface area (Å²) < 4.78 is 0. The van der Waals surface area contributed by atoms with Gasteiger partial charge in [-0.3, -0.25) is 4.90 Å². The highest BCUT2D eigenvalue weighted by Crippen LogP contribution is 2.18. The summed E-state index contributed by atoms with van der Waals surface area (Å²) in [5.74, 6) is 0. The molecule has 0 amide bonds. The molecule has 2 aliphatic rings. The number of nitrogens with zero attached hydrogens (tertiary/aromatic N) is 2. The quantitative estimate of drug-likeness (QED) is 0.761. The summed E-state index contributed by atoms with van der Waals surface area (Å²) in [6, 6.07) is 1.62. The van der Waals surface area contributed by atoms with Crippen LogP contribution in [0.3, 0.4) is 0 Å². The summed E-state index contributed by atoms with van der Waals surface area (Å²) in [6.07, 6.45) is 5.33. The van der Waals surface area contributed by atoms with E-state index < -0.39 is 0 Å². The Labute approximate surface area is 100 Å². The highest BCUT2D eigenvalue weighted by molar-refractivity contribution is 4.84. The molecule has 2 rings (SSSR count). The minimum absolute atomic E-state index is 0.775. The van der Waals surface area contributed by atoms with Crippen LogP contribution in [0, 0.1) is 0 Å². The van der Waals surface area contributed by atoms with Crippen molar-refractivity contribution in [3.8, 4) is 0 Å². The van der Waals surface area contributed by atoms with Gasteiger partial charge in [0.25, 0.3) is 0 Å². The zero-order chi connectivity index (χ0) is 11.4. The van der Waals surface area contributed by atoms with Crippen LogP contribution in [0.1, 0.15) is 32.6 Å². The van der Waals surface area contributed by atoms with E-state index in [1.807, 2.05) is 0 Å². The Morgan fingerprint density at radius 1 is 1.19 bits per heavy atom. The lowest BCUT2D eigenvalue weighted by molar-refractivity contribution is 0.139. The van der Waals surface area contributed by atoms with Crippen LogP contribution in [0.25, 0.3) is 0 Å². The molecule has 0 aromatic heterocycles. The van der Waals surface area contributed by atoms with E-state index in [9.17, 15) is 0 Å². The summed E-state index contributed by atoms with van der Waals surface area (Å²) >= 11 is 0. The van der Waals surface area contributed by atoms with Gasteiger partial charge in [0.1, 0.15) is 0 Å². The Hall–Kier alpha value is -0.120. The Morgan fingerprint density at radius 2 is 1.94 bits per heavy atom. The van der Waals surface area contributed by atoms with E-state index in [1.165, 1.54) is 58.4 Å². The zero-order valence-electron chi connectivity index (χ0n) is 10.9. The van der Waals surface area contributed by atoms with Gasteiger partial charge in [0.15, 0.2) is 0 Å². The first-order valence-electron chi connectivity index (χ1n) is 6.96. The molecule has 94 valence electrons. The molecule has 1 unspecified atom stereocenters. The summed E-state index contributed by atoms with van der Waals surface area (Å²) in [5.41, 5.74) is 0. The fourth-order valence-corrected chi connectivity index (χ4v) is 3.15. The molecule has 2 saturated heterocycles. The second-order valence-electron chi connectivity index (χ2n) is 5.37. The van der Waals surface area contributed by atoms with Gasteiger partial charge in [-0.25, -0.2) is 0 Å². The fraction of sp³-hybridized carbons (Fsp3) is 1.00. The molecular weight excluding hydrogens is 198 g/mol. The highest BCUT2D eigenvalue weighted by Gasteiger charge is 2.26. The second kappa shape index (κ2) is 5.99. The van der Waals surface area contributed by atoms with E-state index in [1.54, 1.807) is 0 Å². The van der Waals surface area contributed by atoms with Crippen molar-refractivity contribution in [2.75, 3.05) is 39.8 Å². The van der Waals surface area contributed by atoms with Crippen LogP contribution in [0.5, 0.6) is 0 Å². The predicted octanol–water partition coefficient (Wildman–Crippen LogP) is 1.15. The van der Waals surface area contributed by atoms with E-state index in [-0.39, 0.29) is 0 Å². The molecule has 3 nitrogen and oxygen atoms in total. The fourth-order valence-electron chi connectivity index (χ4n) is 3.15. The molecule has 2 aliphatic heterocycles. The van der Waals surface area contributed by atoms with Gasteiger partial charge in [-0.1, -0.05) is 6.92 Å².